The molecule has 1 amide bonds. The van der Waals surface area contributed by atoms with Crippen molar-refractivity contribution >= 4 is 23.0 Å². The molecule has 20 heavy (non-hydrogen) atoms. The van der Waals surface area contributed by atoms with Crippen molar-refractivity contribution in [2.75, 3.05) is 11.1 Å². The Morgan fingerprint density at radius 3 is 2.60 bits per heavy atom. The number of hydrogen-bond acceptors (Lipinski definition) is 5. The highest BCUT2D eigenvalue weighted by atomic mass is 16.6. The Labute approximate surface area is 113 Å². The zero-order valence-corrected chi connectivity index (χ0v) is 10.2. The van der Waals surface area contributed by atoms with Gasteiger partial charge in [0.05, 0.1) is 10.6 Å². The molecule has 0 unspecified atom stereocenters. The molecule has 7 heteroatoms. The number of carbonyl (C=O) groups excluding carboxylic acids is 1. The highest BCUT2D eigenvalue weighted by Gasteiger charge is 2.16. The Morgan fingerprint density at radius 2 is 1.95 bits per heavy atom. The van der Waals surface area contributed by atoms with Gasteiger partial charge in [-0.1, -0.05) is 12.1 Å². The molecule has 0 spiro atoms. The number of rotatable bonds is 3. The van der Waals surface area contributed by atoms with Gasteiger partial charge in [-0.2, -0.15) is 0 Å². The Kier molecular flexibility index (Phi) is 3.52. The second-order valence-electron chi connectivity index (χ2n) is 4.00. The van der Waals surface area contributed by atoms with E-state index >= 15 is 0 Å². The van der Waals surface area contributed by atoms with Crippen LogP contribution in [0.15, 0.2) is 42.5 Å². The van der Waals surface area contributed by atoms with E-state index in [0.717, 1.165) is 6.07 Å². The van der Waals surface area contributed by atoms with Gasteiger partial charge in [-0.05, 0) is 24.3 Å². The molecule has 2 rings (SSSR count). The maximum Gasteiger partial charge on any atom is 0.292 e. The second-order valence-corrected chi connectivity index (χ2v) is 4.00. The summed E-state index contributed by atoms with van der Waals surface area (Å²) in [5.74, 6) is -0.666. The first-order valence-corrected chi connectivity index (χ1v) is 5.62. The predicted molar refractivity (Wildman–Crippen MR) is 73.6 cm³/mol. The van der Waals surface area contributed by atoms with Crippen LogP contribution in [0.5, 0.6) is 5.75 Å². The van der Waals surface area contributed by atoms with E-state index < -0.39 is 10.8 Å². The van der Waals surface area contributed by atoms with Gasteiger partial charge in [-0.3, -0.25) is 14.9 Å². The van der Waals surface area contributed by atoms with Gasteiger partial charge in [0, 0.05) is 11.6 Å². The smallest absolute Gasteiger partial charge is 0.292 e. The number of phenols is 1. The minimum absolute atomic E-state index is 0.0193. The molecule has 102 valence electrons. The van der Waals surface area contributed by atoms with Crippen LogP contribution >= 0.6 is 0 Å². The standard InChI is InChI=1S/C13H11N3O4/c14-9-6-5-8(7-11(9)16(19)20)13(18)15-10-3-1-2-4-12(10)17/h1-7,17H,14H2,(H,15,18). The van der Waals surface area contributed by atoms with Crippen LogP contribution in [0, 0.1) is 10.1 Å². The Balaban J connectivity index is 2.28. The lowest BCUT2D eigenvalue weighted by Crippen LogP contribution is -2.12. The average molecular weight is 273 g/mol. The van der Waals surface area contributed by atoms with Crippen LogP contribution < -0.4 is 11.1 Å². The zero-order valence-electron chi connectivity index (χ0n) is 10.2. The van der Waals surface area contributed by atoms with Gasteiger partial charge in [0.15, 0.2) is 0 Å². The lowest BCUT2D eigenvalue weighted by Gasteiger charge is -2.07. The molecule has 7 nitrogen and oxygen atoms in total. The van der Waals surface area contributed by atoms with E-state index in [-0.39, 0.29) is 28.4 Å². The number of carbonyl (C=O) groups is 1. The molecule has 0 aliphatic carbocycles. The normalized spacial score (nSPS) is 10.0. The quantitative estimate of drug-likeness (QED) is 0.342. The first kappa shape index (κ1) is 13.3. The third-order valence-electron chi connectivity index (χ3n) is 2.64. The van der Waals surface area contributed by atoms with Gasteiger partial charge >= 0.3 is 0 Å². The number of nitrogens with two attached hydrogens (primary N) is 1. The monoisotopic (exact) mass is 273 g/mol. The summed E-state index contributed by atoms with van der Waals surface area (Å²) < 4.78 is 0. The summed E-state index contributed by atoms with van der Waals surface area (Å²) in [5, 5.41) is 22.8. The first-order valence-electron chi connectivity index (χ1n) is 5.62. The summed E-state index contributed by atoms with van der Waals surface area (Å²) >= 11 is 0. The largest absolute Gasteiger partial charge is 0.506 e. The van der Waals surface area contributed by atoms with Gasteiger partial charge in [-0.15, -0.1) is 0 Å². The third-order valence-corrected chi connectivity index (χ3v) is 2.64. The summed E-state index contributed by atoms with van der Waals surface area (Å²) in [5.41, 5.74) is 5.39. The number of nitro groups is 1. The minimum atomic E-state index is -0.661. The number of amides is 1. The number of anilines is 2. The fraction of sp³-hybridized carbons (Fsp3) is 0. The molecule has 0 saturated carbocycles. The molecule has 0 aromatic heterocycles. The fourth-order valence-corrected chi connectivity index (χ4v) is 1.62. The number of nitrogen functional groups attached to an aromatic ring is 1. The molecule has 0 aliphatic heterocycles. The highest BCUT2D eigenvalue weighted by Crippen LogP contribution is 2.25. The second kappa shape index (κ2) is 5.27. The maximum atomic E-state index is 12.0. The van der Waals surface area contributed by atoms with Crippen molar-refractivity contribution < 1.29 is 14.8 Å². The van der Waals surface area contributed by atoms with E-state index in [9.17, 15) is 20.0 Å². The van der Waals surface area contributed by atoms with E-state index in [1.165, 1.54) is 24.3 Å². The van der Waals surface area contributed by atoms with Crippen LogP contribution in [0.4, 0.5) is 17.1 Å². The van der Waals surface area contributed by atoms with Crippen LogP contribution in [-0.2, 0) is 0 Å². The number of para-hydroxylation sites is 2. The molecule has 0 bridgehead atoms. The molecule has 2 aromatic rings. The number of nitrogens with zero attached hydrogens (tertiary/aromatic N) is 1. The van der Waals surface area contributed by atoms with Crippen LogP contribution in [-0.4, -0.2) is 15.9 Å². The molecule has 0 heterocycles. The van der Waals surface area contributed by atoms with Gasteiger partial charge in [0.2, 0.25) is 0 Å². The van der Waals surface area contributed by atoms with Crippen molar-refractivity contribution in [3.8, 4) is 5.75 Å². The lowest BCUT2D eigenvalue weighted by molar-refractivity contribution is -0.383. The SMILES string of the molecule is Nc1ccc(C(=O)Nc2ccccc2O)cc1[N+](=O)[O-]. The van der Waals surface area contributed by atoms with E-state index in [1.807, 2.05) is 0 Å². The molecule has 0 saturated heterocycles. The average Bonchev–Trinajstić information content (AvgIpc) is 2.41. The van der Waals surface area contributed by atoms with Crippen molar-refractivity contribution in [2.24, 2.45) is 0 Å². The Bertz CT molecular complexity index is 685. The summed E-state index contributed by atoms with van der Waals surface area (Å²) in [6.45, 7) is 0. The van der Waals surface area contributed by atoms with Gasteiger partial charge in [-0.25, -0.2) is 0 Å². The van der Waals surface area contributed by atoms with Crippen molar-refractivity contribution in [2.45, 2.75) is 0 Å². The van der Waals surface area contributed by atoms with E-state index in [1.54, 1.807) is 12.1 Å². The Morgan fingerprint density at radius 1 is 1.25 bits per heavy atom. The van der Waals surface area contributed by atoms with Crippen molar-refractivity contribution in [1.29, 1.82) is 0 Å². The molecule has 0 fully saturated rings. The minimum Gasteiger partial charge on any atom is -0.506 e. The van der Waals surface area contributed by atoms with Crippen LogP contribution in [0.2, 0.25) is 0 Å². The van der Waals surface area contributed by atoms with Crippen molar-refractivity contribution in [3.63, 3.8) is 0 Å². The number of nitrogens with one attached hydrogen (secondary N) is 1. The third kappa shape index (κ3) is 2.66. The fourth-order valence-electron chi connectivity index (χ4n) is 1.62. The topological polar surface area (TPSA) is 118 Å². The molecule has 2 aromatic carbocycles. The summed E-state index contributed by atoms with van der Waals surface area (Å²) in [4.78, 5) is 22.1. The van der Waals surface area contributed by atoms with Gasteiger partial charge < -0.3 is 16.2 Å². The van der Waals surface area contributed by atoms with Crippen molar-refractivity contribution in [3.05, 3.63) is 58.1 Å². The number of nitro benzene ring substituents is 1. The summed E-state index contributed by atoms with van der Waals surface area (Å²) in [7, 11) is 0. The molecule has 0 aliphatic rings. The lowest BCUT2D eigenvalue weighted by atomic mass is 10.1. The molecule has 4 N–H and O–H groups in total. The predicted octanol–water partition coefficient (Wildman–Crippen LogP) is 2.13. The van der Waals surface area contributed by atoms with Gasteiger partial charge in [0.1, 0.15) is 11.4 Å². The van der Waals surface area contributed by atoms with Crippen LogP contribution in [0.25, 0.3) is 0 Å². The van der Waals surface area contributed by atoms with Crippen LogP contribution in [0.3, 0.4) is 0 Å². The molecular weight excluding hydrogens is 262 g/mol. The number of aromatic hydroxyl groups is 1. The van der Waals surface area contributed by atoms with Crippen LogP contribution in [0.1, 0.15) is 10.4 Å². The maximum absolute atomic E-state index is 12.0. The summed E-state index contributed by atoms with van der Waals surface area (Å²) in [6, 6.07) is 9.93. The first-order chi connectivity index (χ1) is 9.49. The zero-order chi connectivity index (χ0) is 14.7. The molecule has 0 atom stereocenters. The Hall–Kier alpha value is -3.09. The van der Waals surface area contributed by atoms with E-state index in [0.29, 0.717) is 0 Å². The van der Waals surface area contributed by atoms with Gasteiger partial charge in [0.25, 0.3) is 11.6 Å². The molecular formula is C13H11N3O4. The number of benzene rings is 2. The summed E-state index contributed by atoms with van der Waals surface area (Å²) in [6.07, 6.45) is 0. The highest BCUT2D eigenvalue weighted by molar-refractivity contribution is 6.05. The number of phenolic OH excluding ortho intramolecular Hbond substituents is 1. The molecule has 0 radical (unpaired) electrons. The van der Waals surface area contributed by atoms with Crippen molar-refractivity contribution in [1.82, 2.24) is 0 Å². The number of hydrogen-bond donors (Lipinski definition) is 3. The van der Waals surface area contributed by atoms with E-state index in [4.69, 9.17) is 5.73 Å². The van der Waals surface area contributed by atoms with E-state index in [2.05, 4.69) is 5.32 Å².